The molecule has 0 aliphatic carbocycles. The lowest BCUT2D eigenvalue weighted by atomic mass is 10.0. The molecule has 0 aromatic carbocycles. The van der Waals surface area contributed by atoms with Crippen LogP contribution in [0.15, 0.2) is 35.8 Å². The molecular weight excluding hydrogens is 230 g/mol. The van der Waals surface area contributed by atoms with Gasteiger partial charge in [-0.2, -0.15) is 0 Å². The van der Waals surface area contributed by atoms with Crippen LogP contribution < -0.4 is 11.3 Å². The van der Waals surface area contributed by atoms with Gasteiger partial charge < -0.3 is 0 Å². The third-order valence-electron chi connectivity index (χ3n) is 2.84. The van der Waals surface area contributed by atoms with Gasteiger partial charge in [0.15, 0.2) is 0 Å². The number of aromatic nitrogens is 1. The second-order valence-corrected chi connectivity index (χ2v) is 5.08. The zero-order chi connectivity index (χ0) is 12.1. The van der Waals surface area contributed by atoms with E-state index in [-0.39, 0.29) is 6.04 Å². The number of nitrogens with zero attached hydrogens (tertiary/aromatic N) is 1. The molecule has 4 heteroatoms. The number of rotatable bonds is 5. The molecule has 0 spiro atoms. The summed E-state index contributed by atoms with van der Waals surface area (Å²) in [6.07, 6.45) is 3.81. The predicted octanol–water partition coefficient (Wildman–Crippen LogP) is 2.59. The first kappa shape index (κ1) is 12.2. The van der Waals surface area contributed by atoms with Gasteiger partial charge in [0.05, 0.1) is 11.7 Å². The van der Waals surface area contributed by atoms with Crippen LogP contribution in [0.5, 0.6) is 0 Å². The van der Waals surface area contributed by atoms with Crippen molar-refractivity contribution in [3.63, 3.8) is 0 Å². The molecule has 3 nitrogen and oxygen atoms in total. The molecule has 0 radical (unpaired) electrons. The van der Waals surface area contributed by atoms with E-state index in [0.29, 0.717) is 0 Å². The molecule has 0 aliphatic heterocycles. The van der Waals surface area contributed by atoms with Crippen LogP contribution in [-0.2, 0) is 6.42 Å². The summed E-state index contributed by atoms with van der Waals surface area (Å²) >= 11 is 1.79. The maximum absolute atomic E-state index is 5.63. The minimum atomic E-state index is 0.123. The molecular formula is C13H17N3S. The predicted molar refractivity (Wildman–Crippen MR) is 71.7 cm³/mol. The van der Waals surface area contributed by atoms with E-state index in [4.69, 9.17) is 5.84 Å². The van der Waals surface area contributed by atoms with E-state index >= 15 is 0 Å². The van der Waals surface area contributed by atoms with Crippen molar-refractivity contribution in [2.75, 3.05) is 0 Å². The molecule has 0 aliphatic rings. The van der Waals surface area contributed by atoms with Crippen molar-refractivity contribution in [2.24, 2.45) is 5.84 Å². The zero-order valence-corrected chi connectivity index (χ0v) is 10.7. The van der Waals surface area contributed by atoms with Crippen molar-refractivity contribution in [1.82, 2.24) is 10.4 Å². The van der Waals surface area contributed by atoms with Gasteiger partial charge in [-0.3, -0.25) is 16.3 Å². The summed E-state index contributed by atoms with van der Waals surface area (Å²) in [5.74, 6) is 5.63. The summed E-state index contributed by atoms with van der Waals surface area (Å²) in [4.78, 5) is 5.80. The second kappa shape index (κ2) is 5.91. The first-order chi connectivity index (χ1) is 8.31. The Balaban J connectivity index is 2.04. The van der Waals surface area contributed by atoms with Crippen molar-refractivity contribution < 1.29 is 0 Å². The topological polar surface area (TPSA) is 50.9 Å². The number of thiophene rings is 1. The molecule has 1 atom stereocenters. The number of hydrogen-bond donors (Lipinski definition) is 2. The Labute approximate surface area is 106 Å². The van der Waals surface area contributed by atoms with Crippen molar-refractivity contribution in [1.29, 1.82) is 0 Å². The smallest absolute Gasteiger partial charge is 0.0638 e. The number of aryl methyl sites for hydroxylation is 2. The normalized spacial score (nSPS) is 12.6. The van der Waals surface area contributed by atoms with Crippen LogP contribution in [0.25, 0.3) is 0 Å². The number of nitrogens with one attached hydrogen (secondary N) is 1. The summed E-state index contributed by atoms with van der Waals surface area (Å²) < 4.78 is 0. The molecule has 17 heavy (non-hydrogen) atoms. The number of nitrogens with two attached hydrogens (primary N) is 1. The summed E-state index contributed by atoms with van der Waals surface area (Å²) in [7, 11) is 0. The van der Waals surface area contributed by atoms with Crippen molar-refractivity contribution in [3.05, 3.63) is 52.0 Å². The highest BCUT2D eigenvalue weighted by molar-refractivity contribution is 7.09. The van der Waals surface area contributed by atoms with Crippen molar-refractivity contribution >= 4 is 11.3 Å². The molecule has 0 amide bonds. The van der Waals surface area contributed by atoms with E-state index in [1.807, 2.05) is 12.3 Å². The Kier molecular flexibility index (Phi) is 4.25. The Morgan fingerprint density at radius 1 is 1.41 bits per heavy atom. The molecule has 3 N–H and O–H groups in total. The zero-order valence-electron chi connectivity index (χ0n) is 9.89. The highest BCUT2D eigenvalue weighted by atomic mass is 32.1. The lowest BCUT2D eigenvalue weighted by Gasteiger charge is -2.16. The van der Waals surface area contributed by atoms with Crippen molar-refractivity contribution in [2.45, 2.75) is 25.8 Å². The minimum absolute atomic E-state index is 0.123. The van der Waals surface area contributed by atoms with Crippen LogP contribution in [0, 0.1) is 6.92 Å². The molecule has 2 heterocycles. The van der Waals surface area contributed by atoms with Crippen LogP contribution in [0.1, 0.15) is 28.6 Å². The van der Waals surface area contributed by atoms with Gasteiger partial charge >= 0.3 is 0 Å². The molecule has 2 rings (SSSR count). The summed E-state index contributed by atoms with van der Waals surface area (Å²) in [6, 6.07) is 8.38. The van der Waals surface area contributed by atoms with E-state index in [1.54, 1.807) is 11.3 Å². The maximum atomic E-state index is 5.63. The van der Waals surface area contributed by atoms with Gasteiger partial charge in [-0.1, -0.05) is 12.1 Å². The fourth-order valence-corrected chi connectivity index (χ4v) is 2.63. The van der Waals surface area contributed by atoms with Gasteiger partial charge in [0.25, 0.3) is 0 Å². The van der Waals surface area contributed by atoms with Crippen LogP contribution in [-0.4, -0.2) is 4.98 Å². The van der Waals surface area contributed by atoms with Crippen LogP contribution >= 0.6 is 11.3 Å². The SMILES string of the molecule is Cc1cccnc1C(CCc1cccs1)NN. The minimum Gasteiger partial charge on any atom is -0.271 e. The van der Waals surface area contributed by atoms with Gasteiger partial charge in [-0.15, -0.1) is 11.3 Å². The highest BCUT2D eigenvalue weighted by Crippen LogP contribution is 2.21. The van der Waals surface area contributed by atoms with Gasteiger partial charge in [0.1, 0.15) is 0 Å². The third-order valence-corrected chi connectivity index (χ3v) is 3.78. The molecule has 0 saturated carbocycles. The van der Waals surface area contributed by atoms with Crippen LogP contribution in [0.3, 0.4) is 0 Å². The first-order valence-corrected chi connectivity index (χ1v) is 6.59. The van der Waals surface area contributed by atoms with E-state index in [2.05, 4.69) is 40.9 Å². The monoisotopic (exact) mass is 247 g/mol. The fourth-order valence-electron chi connectivity index (χ4n) is 1.90. The first-order valence-electron chi connectivity index (χ1n) is 5.71. The number of hydrazine groups is 1. The maximum Gasteiger partial charge on any atom is 0.0638 e. The number of hydrogen-bond acceptors (Lipinski definition) is 4. The summed E-state index contributed by atoms with van der Waals surface area (Å²) in [5.41, 5.74) is 5.09. The van der Waals surface area contributed by atoms with E-state index in [0.717, 1.165) is 18.5 Å². The molecule has 0 bridgehead atoms. The number of pyridine rings is 1. The van der Waals surface area contributed by atoms with Crippen LogP contribution in [0.4, 0.5) is 0 Å². The average molecular weight is 247 g/mol. The Bertz CT molecular complexity index is 453. The van der Waals surface area contributed by atoms with Crippen molar-refractivity contribution in [3.8, 4) is 0 Å². The standard InChI is InChI=1S/C13H17N3S/c1-10-4-2-8-15-13(10)12(16-14)7-6-11-5-3-9-17-11/h2-5,8-9,12,16H,6-7,14H2,1H3. The lowest BCUT2D eigenvalue weighted by Crippen LogP contribution is -2.29. The summed E-state index contributed by atoms with van der Waals surface area (Å²) in [6.45, 7) is 2.07. The van der Waals surface area contributed by atoms with Gasteiger partial charge in [0, 0.05) is 11.1 Å². The van der Waals surface area contributed by atoms with Gasteiger partial charge in [-0.25, -0.2) is 0 Å². The summed E-state index contributed by atoms with van der Waals surface area (Å²) in [5, 5.41) is 2.10. The second-order valence-electron chi connectivity index (χ2n) is 4.04. The largest absolute Gasteiger partial charge is 0.271 e. The molecule has 90 valence electrons. The Morgan fingerprint density at radius 3 is 2.94 bits per heavy atom. The molecule has 1 unspecified atom stereocenters. The Hall–Kier alpha value is -1.23. The molecule has 2 aromatic rings. The Morgan fingerprint density at radius 2 is 2.29 bits per heavy atom. The molecule has 0 fully saturated rings. The van der Waals surface area contributed by atoms with Gasteiger partial charge in [0.2, 0.25) is 0 Å². The quantitative estimate of drug-likeness (QED) is 0.630. The fraction of sp³-hybridized carbons (Fsp3) is 0.308. The third kappa shape index (κ3) is 3.12. The van der Waals surface area contributed by atoms with Crippen LogP contribution in [0.2, 0.25) is 0 Å². The van der Waals surface area contributed by atoms with E-state index in [9.17, 15) is 0 Å². The average Bonchev–Trinajstić information content (AvgIpc) is 2.85. The lowest BCUT2D eigenvalue weighted by molar-refractivity contribution is 0.503. The highest BCUT2D eigenvalue weighted by Gasteiger charge is 2.13. The molecule has 2 aromatic heterocycles. The van der Waals surface area contributed by atoms with Gasteiger partial charge in [-0.05, 0) is 42.8 Å². The molecule has 0 saturated heterocycles. The van der Waals surface area contributed by atoms with E-state index in [1.165, 1.54) is 10.4 Å². The van der Waals surface area contributed by atoms with E-state index < -0.39 is 0 Å².